The molecule has 0 saturated carbocycles. The fourth-order valence-electron chi connectivity index (χ4n) is 3.08. The van der Waals surface area contributed by atoms with Crippen molar-refractivity contribution in [3.63, 3.8) is 0 Å². The Morgan fingerprint density at radius 1 is 1.10 bits per heavy atom. The third-order valence-electron chi connectivity index (χ3n) is 4.44. The van der Waals surface area contributed by atoms with Gasteiger partial charge >= 0.3 is 0 Å². The summed E-state index contributed by atoms with van der Waals surface area (Å²) in [6.45, 7) is 11.5. The van der Waals surface area contributed by atoms with Crippen LogP contribution in [0.4, 0.5) is 5.69 Å². The molecule has 29 heavy (non-hydrogen) atoms. The minimum Gasteiger partial charge on any atom is -0.497 e. The van der Waals surface area contributed by atoms with Gasteiger partial charge in [0.15, 0.2) is 11.5 Å². The molecule has 0 N–H and O–H groups in total. The number of nitrogens with zero attached hydrogens (tertiary/aromatic N) is 2. The number of pyridine rings is 1. The second kappa shape index (κ2) is 8.46. The van der Waals surface area contributed by atoms with E-state index in [0.717, 1.165) is 11.3 Å². The van der Waals surface area contributed by atoms with Crippen molar-refractivity contribution in [2.75, 3.05) is 14.2 Å². The van der Waals surface area contributed by atoms with Gasteiger partial charge in [-0.3, -0.25) is 4.79 Å². The van der Waals surface area contributed by atoms with Crippen molar-refractivity contribution >= 4 is 28.2 Å². The molecule has 150 valence electrons. The summed E-state index contributed by atoms with van der Waals surface area (Å²) in [7, 11) is 3.13. The van der Waals surface area contributed by atoms with Crippen LogP contribution in [-0.2, 0) is 6.54 Å². The molecular weight excluding hydrogens is 392 g/mol. The normalized spacial score (nSPS) is 10.8. The molecule has 2 aromatic carbocycles. The molecule has 0 saturated heterocycles. The first kappa shape index (κ1) is 20.6. The van der Waals surface area contributed by atoms with Crippen molar-refractivity contribution in [1.82, 2.24) is 4.57 Å². The zero-order valence-electron chi connectivity index (χ0n) is 16.7. The van der Waals surface area contributed by atoms with E-state index in [0.29, 0.717) is 22.4 Å². The number of benzene rings is 2. The topological polar surface area (TPSA) is 54.1 Å². The molecule has 0 amide bonds. The van der Waals surface area contributed by atoms with Gasteiger partial charge in [-0.25, -0.2) is 4.85 Å². The molecule has 0 aliphatic heterocycles. The molecule has 0 aliphatic rings. The molecule has 7 heteroatoms. The highest BCUT2D eigenvalue weighted by atomic mass is 35.5. The molecule has 0 atom stereocenters. The van der Waals surface area contributed by atoms with Gasteiger partial charge in [-0.1, -0.05) is 23.7 Å². The van der Waals surface area contributed by atoms with Gasteiger partial charge in [-0.2, -0.15) is 0 Å². The summed E-state index contributed by atoms with van der Waals surface area (Å²) < 4.78 is 18.0. The van der Waals surface area contributed by atoms with Crippen molar-refractivity contribution in [2.24, 2.45) is 0 Å². The molecule has 0 spiro atoms. The third-order valence-corrected chi connectivity index (χ3v) is 4.82. The fraction of sp³-hybridized carbons (Fsp3) is 0.273. The summed E-state index contributed by atoms with van der Waals surface area (Å²) in [5.41, 5.74) is 0.885. The van der Waals surface area contributed by atoms with Crippen LogP contribution >= 0.6 is 11.6 Å². The standard InChI is InChI=1S/C22H21ClN2O4/c1-13(2)29-19-11-17-16(10-18(19)28-5)20(23)21(24-3)22(26)25(17)12-14-6-8-15(27-4)9-7-14/h6-11,13H,12H2,1-2,4-5H3. The predicted octanol–water partition coefficient (Wildman–Crippen LogP) is 5.06. The number of hydrogen-bond donors (Lipinski definition) is 0. The number of halogens is 1. The van der Waals surface area contributed by atoms with Crippen molar-refractivity contribution in [1.29, 1.82) is 0 Å². The van der Waals surface area contributed by atoms with Crippen molar-refractivity contribution in [3.8, 4) is 17.2 Å². The maximum atomic E-state index is 13.0. The van der Waals surface area contributed by atoms with Crippen molar-refractivity contribution < 1.29 is 14.2 Å². The molecule has 3 rings (SSSR count). The molecule has 0 aliphatic carbocycles. The summed E-state index contributed by atoms with van der Waals surface area (Å²) in [4.78, 5) is 16.4. The van der Waals surface area contributed by atoms with E-state index in [9.17, 15) is 4.79 Å². The lowest BCUT2D eigenvalue weighted by Crippen LogP contribution is -2.21. The minimum atomic E-state index is -0.450. The van der Waals surface area contributed by atoms with Gasteiger partial charge in [0.25, 0.3) is 11.2 Å². The summed E-state index contributed by atoms with van der Waals surface area (Å²) in [6, 6.07) is 10.8. The first-order valence-electron chi connectivity index (χ1n) is 9.00. The summed E-state index contributed by atoms with van der Waals surface area (Å²) in [5, 5.41) is 0.666. The molecule has 6 nitrogen and oxygen atoms in total. The molecule has 0 unspecified atom stereocenters. The Kier molecular flexibility index (Phi) is 6.00. The van der Waals surface area contributed by atoms with Crippen molar-refractivity contribution in [2.45, 2.75) is 26.5 Å². The number of rotatable bonds is 6. The molecular formula is C22H21ClN2O4. The van der Waals surface area contributed by atoms with Crippen LogP contribution in [0.2, 0.25) is 5.02 Å². The van der Waals surface area contributed by atoms with Crippen LogP contribution in [-0.4, -0.2) is 24.9 Å². The fourth-order valence-corrected chi connectivity index (χ4v) is 3.35. The molecule has 0 radical (unpaired) electrons. The van der Waals surface area contributed by atoms with E-state index >= 15 is 0 Å². The molecule has 1 heterocycles. The lowest BCUT2D eigenvalue weighted by molar-refractivity contribution is 0.230. The largest absolute Gasteiger partial charge is 0.497 e. The van der Waals surface area contributed by atoms with Crippen LogP contribution in [0.3, 0.4) is 0 Å². The van der Waals surface area contributed by atoms with Crippen LogP contribution in [0.5, 0.6) is 17.2 Å². The number of fused-ring (bicyclic) bond motifs is 1. The Morgan fingerprint density at radius 2 is 1.79 bits per heavy atom. The van der Waals surface area contributed by atoms with E-state index in [2.05, 4.69) is 4.85 Å². The van der Waals surface area contributed by atoms with Crippen LogP contribution in [0.25, 0.3) is 15.7 Å². The maximum Gasteiger partial charge on any atom is 0.269 e. The number of aromatic nitrogens is 1. The van der Waals surface area contributed by atoms with E-state index in [1.807, 2.05) is 38.1 Å². The number of hydrogen-bond acceptors (Lipinski definition) is 4. The second-order valence-corrected chi connectivity index (χ2v) is 7.08. The Labute approximate surface area is 174 Å². The van der Waals surface area contributed by atoms with E-state index in [4.69, 9.17) is 32.4 Å². The van der Waals surface area contributed by atoms with E-state index in [-0.39, 0.29) is 23.4 Å². The van der Waals surface area contributed by atoms with E-state index < -0.39 is 5.56 Å². The highest BCUT2D eigenvalue weighted by molar-refractivity contribution is 6.38. The summed E-state index contributed by atoms with van der Waals surface area (Å²) in [5.74, 6) is 1.71. The monoisotopic (exact) mass is 412 g/mol. The number of ether oxygens (including phenoxy) is 3. The minimum absolute atomic E-state index is 0.0823. The zero-order valence-corrected chi connectivity index (χ0v) is 17.4. The summed E-state index contributed by atoms with van der Waals surface area (Å²) in [6.07, 6.45) is -0.0823. The summed E-state index contributed by atoms with van der Waals surface area (Å²) >= 11 is 6.41. The van der Waals surface area contributed by atoms with Gasteiger partial charge in [-0.15, -0.1) is 0 Å². The van der Waals surface area contributed by atoms with Crippen LogP contribution in [0.1, 0.15) is 19.4 Å². The molecule has 0 bridgehead atoms. The van der Waals surface area contributed by atoms with Crippen LogP contribution in [0, 0.1) is 6.57 Å². The maximum absolute atomic E-state index is 13.0. The van der Waals surface area contributed by atoms with Gasteiger partial charge in [0.05, 0.1) is 37.4 Å². The second-order valence-electron chi connectivity index (χ2n) is 6.70. The van der Waals surface area contributed by atoms with Gasteiger partial charge < -0.3 is 18.8 Å². The van der Waals surface area contributed by atoms with Gasteiger partial charge in [-0.05, 0) is 37.6 Å². The lowest BCUT2D eigenvalue weighted by Gasteiger charge is -2.18. The lowest BCUT2D eigenvalue weighted by atomic mass is 10.1. The third kappa shape index (κ3) is 4.01. The first-order chi connectivity index (χ1) is 13.9. The number of methoxy groups -OCH3 is 2. The first-order valence-corrected chi connectivity index (χ1v) is 9.38. The average molecular weight is 413 g/mol. The highest BCUT2D eigenvalue weighted by Crippen LogP contribution is 2.38. The van der Waals surface area contributed by atoms with Crippen molar-refractivity contribution in [3.05, 3.63) is 68.8 Å². The molecule has 1 aromatic heterocycles. The highest BCUT2D eigenvalue weighted by Gasteiger charge is 2.19. The SMILES string of the molecule is [C-]#[N+]c1c(Cl)c2cc(OC)c(OC(C)C)cc2n(Cc2ccc(OC)cc2)c1=O. The van der Waals surface area contributed by atoms with Crippen LogP contribution < -0.4 is 19.8 Å². The van der Waals surface area contributed by atoms with Gasteiger partial charge in [0.1, 0.15) is 5.75 Å². The smallest absolute Gasteiger partial charge is 0.269 e. The quantitative estimate of drug-likeness (QED) is 0.531. The van der Waals surface area contributed by atoms with E-state index in [1.165, 1.54) is 11.7 Å². The van der Waals surface area contributed by atoms with Crippen LogP contribution in [0.15, 0.2) is 41.2 Å². The Morgan fingerprint density at radius 3 is 2.34 bits per heavy atom. The van der Waals surface area contributed by atoms with E-state index in [1.54, 1.807) is 19.2 Å². The average Bonchev–Trinajstić information content (AvgIpc) is 2.71. The Balaban J connectivity index is 2.27. The molecule has 3 aromatic rings. The Hall–Kier alpha value is -3.17. The van der Waals surface area contributed by atoms with Gasteiger partial charge in [0.2, 0.25) is 0 Å². The zero-order chi connectivity index (χ0) is 21.1. The van der Waals surface area contributed by atoms with Gasteiger partial charge in [0, 0.05) is 18.0 Å². The Bertz CT molecular complexity index is 1140. The predicted molar refractivity (Wildman–Crippen MR) is 114 cm³/mol. The molecule has 0 fully saturated rings.